The molecule has 0 aliphatic heterocycles. The first-order chi connectivity index (χ1) is 12.0. The van der Waals surface area contributed by atoms with Crippen LogP contribution >= 0.6 is 34.3 Å². The average Bonchev–Trinajstić information content (AvgIpc) is 3.22. The van der Waals surface area contributed by atoms with Gasteiger partial charge in [-0.25, -0.2) is 4.98 Å². The number of halogens is 1. The van der Waals surface area contributed by atoms with Crippen molar-refractivity contribution < 1.29 is 9.59 Å². The van der Waals surface area contributed by atoms with Gasteiger partial charge in [0.2, 0.25) is 5.91 Å². The Bertz CT molecular complexity index is 903. The number of nitrogens with zero attached hydrogens (tertiary/aromatic N) is 1. The van der Waals surface area contributed by atoms with E-state index >= 15 is 0 Å². The van der Waals surface area contributed by atoms with Crippen LogP contribution in [0.4, 0.5) is 5.13 Å². The third-order valence-corrected chi connectivity index (χ3v) is 5.29. The SMILES string of the molecule is Cc1ccc(-c2csc(NC(=O)CNC(=O)c3ccc(Cl)cc3)n2)s1. The Labute approximate surface area is 157 Å². The van der Waals surface area contributed by atoms with Crippen molar-refractivity contribution in [2.75, 3.05) is 11.9 Å². The fraction of sp³-hybridized carbons (Fsp3) is 0.118. The van der Waals surface area contributed by atoms with Crippen LogP contribution in [0.15, 0.2) is 41.8 Å². The molecule has 3 aromatic rings. The molecule has 0 aliphatic carbocycles. The number of thiazole rings is 1. The van der Waals surface area contributed by atoms with E-state index in [0.29, 0.717) is 15.7 Å². The molecule has 0 bridgehead atoms. The van der Waals surface area contributed by atoms with Crippen molar-refractivity contribution in [3.63, 3.8) is 0 Å². The van der Waals surface area contributed by atoms with Gasteiger partial charge in [-0.1, -0.05) is 11.6 Å². The summed E-state index contributed by atoms with van der Waals surface area (Å²) in [5, 5.41) is 8.21. The number of anilines is 1. The number of carbonyl (C=O) groups is 2. The van der Waals surface area contributed by atoms with Crippen LogP contribution in [0.1, 0.15) is 15.2 Å². The largest absolute Gasteiger partial charge is 0.343 e. The smallest absolute Gasteiger partial charge is 0.251 e. The summed E-state index contributed by atoms with van der Waals surface area (Å²) in [5.74, 6) is -0.661. The second kappa shape index (κ2) is 7.77. The molecular weight excluding hydrogens is 378 g/mol. The van der Waals surface area contributed by atoms with Gasteiger partial charge in [-0.3, -0.25) is 9.59 Å². The van der Waals surface area contributed by atoms with Gasteiger partial charge in [0.25, 0.3) is 5.91 Å². The van der Waals surface area contributed by atoms with Gasteiger partial charge >= 0.3 is 0 Å². The standard InChI is InChI=1S/C17H14ClN3O2S2/c1-10-2-7-14(25-10)13-9-24-17(20-13)21-15(22)8-19-16(23)11-3-5-12(18)6-4-11/h2-7,9H,8H2,1H3,(H,19,23)(H,20,21,22). The number of aryl methyl sites for hydroxylation is 1. The Kier molecular flexibility index (Phi) is 5.47. The number of nitrogens with one attached hydrogen (secondary N) is 2. The van der Waals surface area contributed by atoms with E-state index in [4.69, 9.17) is 11.6 Å². The van der Waals surface area contributed by atoms with Gasteiger partial charge in [0, 0.05) is 20.8 Å². The lowest BCUT2D eigenvalue weighted by Crippen LogP contribution is -2.32. The van der Waals surface area contributed by atoms with Gasteiger partial charge in [-0.05, 0) is 43.3 Å². The van der Waals surface area contributed by atoms with Gasteiger partial charge < -0.3 is 10.6 Å². The predicted octanol–water partition coefficient (Wildman–Crippen LogP) is 4.20. The number of hydrogen-bond acceptors (Lipinski definition) is 5. The molecule has 2 heterocycles. The topological polar surface area (TPSA) is 71.1 Å². The van der Waals surface area contributed by atoms with Gasteiger partial charge in [-0.15, -0.1) is 22.7 Å². The van der Waals surface area contributed by atoms with Gasteiger partial charge in [0.15, 0.2) is 5.13 Å². The van der Waals surface area contributed by atoms with Crippen molar-refractivity contribution in [2.45, 2.75) is 6.92 Å². The molecule has 5 nitrogen and oxygen atoms in total. The van der Waals surface area contributed by atoms with Crippen molar-refractivity contribution in [2.24, 2.45) is 0 Å². The van der Waals surface area contributed by atoms with Gasteiger partial charge in [0.05, 0.1) is 17.1 Å². The van der Waals surface area contributed by atoms with Crippen LogP contribution in [0.3, 0.4) is 0 Å². The first kappa shape index (κ1) is 17.6. The van der Waals surface area contributed by atoms with Crippen molar-refractivity contribution >= 4 is 51.2 Å². The molecule has 0 spiro atoms. The highest BCUT2D eigenvalue weighted by molar-refractivity contribution is 7.17. The van der Waals surface area contributed by atoms with E-state index in [9.17, 15) is 9.59 Å². The van der Waals surface area contributed by atoms with E-state index < -0.39 is 0 Å². The van der Waals surface area contributed by atoms with E-state index in [1.807, 2.05) is 24.4 Å². The maximum atomic E-state index is 12.0. The number of rotatable bonds is 5. The molecule has 0 saturated carbocycles. The summed E-state index contributed by atoms with van der Waals surface area (Å²) < 4.78 is 0. The third-order valence-electron chi connectivity index (χ3n) is 3.26. The molecule has 8 heteroatoms. The monoisotopic (exact) mass is 391 g/mol. The first-order valence-corrected chi connectivity index (χ1v) is 9.44. The van der Waals surface area contributed by atoms with Crippen molar-refractivity contribution in [1.82, 2.24) is 10.3 Å². The highest BCUT2D eigenvalue weighted by Gasteiger charge is 2.11. The number of carbonyl (C=O) groups excluding carboxylic acids is 2. The lowest BCUT2D eigenvalue weighted by molar-refractivity contribution is -0.115. The molecule has 25 heavy (non-hydrogen) atoms. The Morgan fingerprint density at radius 1 is 1.16 bits per heavy atom. The third kappa shape index (κ3) is 4.66. The molecule has 2 N–H and O–H groups in total. The zero-order valence-electron chi connectivity index (χ0n) is 13.2. The Hall–Kier alpha value is -2.22. The normalized spacial score (nSPS) is 10.5. The van der Waals surface area contributed by atoms with Crippen LogP contribution in [0.2, 0.25) is 5.02 Å². The summed E-state index contributed by atoms with van der Waals surface area (Å²) in [5.41, 5.74) is 1.28. The summed E-state index contributed by atoms with van der Waals surface area (Å²) in [6.45, 7) is 1.90. The number of thiophene rings is 1. The lowest BCUT2D eigenvalue weighted by Gasteiger charge is -2.05. The molecule has 0 radical (unpaired) electrons. The molecule has 0 saturated heterocycles. The van der Waals surface area contributed by atoms with Gasteiger partial charge in [-0.2, -0.15) is 0 Å². The summed E-state index contributed by atoms with van der Waals surface area (Å²) in [7, 11) is 0. The quantitative estimate of drug-likeness (QED) is 0.684. The Morgan fingerprint density at radius 3 is 2.60 bits per heavy atom. The van der Waals surface area contributed by atoms with E-state index in [2.05, 4.69) is 15.6 Å². The summed E-state index contributed by atoms with van der Waals surface area (Å²) in [6, 6.07) is 10.5. The number of aromatic nitrogens is 1. The molecule has 1 aromatic carbocycles. The molecule has 128 valence electrons. The highest BCUT2D eigenvalue weighted by atomic mass is 35.5. The minimum atomic E-state index is -0.333. The van der Waals surface area contributed by atoms with Crippen LogP contribution in [-0.2, 0) is 4.79 Å². The summed E-state index contributed by atoms with van der Waals surface area (Å²) in [4.78, 5) is 30.6. The van der Waals surface area contributed by atoms with E-state index in [1.165, 1.54) is 16.2 Å². The van der Waals surface area contributed by atoms with Gasteiger partial charge in [0.1, 0.15) is 0 Å². The van der Waals surface area contributed by atoms with E-state index in [0.717, 1.165) is 10.6 Å². The maximum Gasteiger partial charge on any atom is 0.251 e. The fourth-order valence-corrected chi connectivity index (χ4v) is 3.80. The second-order valence-electron chi connectivity index (χ2n) is 5.19. The molecule has 0 unspecified atom stereocenters. The second-order valence-corrected chi connectivity index (χ2v) is 7.77. The fourth-order valence-electron chi connectivity index (χ4n) is 2.04. The molecule has 2 amide bonds. The predicted molar refractivity (Wildman–Crippen MR) is 103 cm³/mol. The molecule has 3 rings (SSSR count). The maximum absolute atomic E-state index is 12.0. The first-order valence-electron chi connectivity index (χ1n) is 7.37. The van der Waals surface area contributed by atoms with Crippen LogP contribution in [0, 0.1) is 6.92 Å². The number of hydrogen-bond donors (Lipinski definition) is 2. The van der Waals surface area contributed by atoms with Crippen LogP contribution in [0.25, 0.3) is 10.6 Å². The van der Waals surface area contributed by atoms with Crippen molar-refractivity contribution in [3.05, 3.63) is 57.2 Å². The minimum absolute atomic E-state index is 0.130. The van der Waals surface area contributed by atoms with E-state index in [-0.39, 0.29) is 18.4 Å². The zero-order valence-corrected chi connectivity index (χ0v) is 15.6. The molecular formula is C17H14ClN3O2S2. The molecule has 0 fully saturated rings. The molecule has 0 aliphatic rings. The summed E-state index contributed by atoms with van der Waals surface area (Å²) >= 11 is 8.78. The molecule has 0 atom stereocenters. The van der Waals surface area contributed by atoms with E-state index in [1.54, 1.807) is 35.6 Å². The van der Waals surface area contributed by atoms with Crippen molar-refractivity contribution in [1.29, 1.82) is 0 Å². The zero-order chi connectivity index (χ0) is 17.8. The van der Waals surface area contributed by atoms with Crippen LogP contribution in [0.5, 0.6) is 0 Å². The number of amides is 2. The average molecular weight is 392 g/mol. The Balaban J connectivity index is 1.53. The van der Waals surface area contributed by atoms with Crippen LogP contribution in [-0.4, -0.2) is 23.3 Å². The number of benzene rings is 1. The van der Waals surface area contributed by atoms with Crippen molar-refractivity contribution in [3.8, 4) is 10.6 Å². The Morgan fingerprint density at radius 2 is 1.92 bits per heavy atom. The lowest BCUT2D eigenvalue weighted by atomic mass is 10.2. The van der Waals surface area contributed by atoms with Crippen LogP contribution < -0.4 is 10.6 Å². The minimum Gasteiger partial charge on any atom is -0.343 e. The highest BCUT2D eigenvalue weighted by Crippen LogP contribution is 2.30. The molecule has 2 aromatic heterocycles. The summed E-state index contributed by atoms with van der Waals surface area (Å²) in [6.07, 6.45) is 0.